The maximum Gasteiger partial charge on any atom is 0.263 e. The van der Waals surface area contributed by atoms with E-state index in [1.54, 1.807) is 43.3 Å². The molecule has 0 saturated carbocycles. The molecule has 0 unspecified atom stereocenters. The number of aromatic nitrogens is 2. The van der Waals surface area contributed by atoms with Gasteiger partial charge in [-0.2, -0.15) is 0 Å². The van der Waals surface area contributed by atoms with Crippen LogP contribution < -0.4 is 4.72 Å². The fraction of sp³-hybridized carbons (Fsp3) is 0.176. The van der Waals surface area contributed by atoms with E-state index in [9.17, 15) is 13.2 Å². The second kappa shape index (κ2) is 6.18. The number of rotatable bonds is 4. The molecule has 0 spiro atoms. The number of hydrogen-bond donors (Lipinski definition) is 1. The van der Waals surface area contributed by atoms with E-state index in [0.717, 1.165) is 6.26 Å². The third-order valence-electron chi connectivity index (χ3n) is 3.59. The number of nitrogens with one attached hydrogen (secondary N) is 1. The van der Waals surface area contributed by atoms with E-state index in [1.165, 1.54) is 4.57 Å². The van der Waals surface area contributed by atoms with Crippen molar-refractivity contribution in [1.82, 2.24) is 14.3 Å². The Hall–Kier alpha value is -2.51. The van der Waals surface area contributed by atoms with Gasteiger partial charge >= 0.3 is 0 Å². The van der Waals surface area contributed by atoms with Crippen LogP contribution in [0.15, 0.2) is 54.6 Å². The molecule has 1 atom stereocenters. The molecule has 3 aromatic rings. The fourth-order valence-corrected chi connectivity index (χ4v) is 3.38. The van der Waals surface area contributed by atoms with E-state index in [4.69, 9.17) is 0 Å². The molecule has 2 aromatic carbocycles. The number of carbonyl (C=O) groups excluding carboxylic acids is 1. The van der Waals surface area contributed by atoms with Crippen LogP contribution in [0.25, 0.3) is 11.0 Å². The quantitative estimate of drug-likeness (QED) is 0.788. The molecule has 0 bridgehead atoms. The van der Waals surface area contributed by atoms with Gasteiger partial charge in [-0.1, -0.05) is 30.3 Å². The van der Waals surface area contributed by atoms with Crippen LogP contribution in [0.2, 0.25) is 0 Å². The number of fused-ring (bicyclic) bond motifs is 1. The summed E-state index contributed by atoms with van der Waals surface area (Å²) in [5.41, 5.74) is 1.79. The van der Waals surface area contributed by atoms with Crippen molar-refractivity contribution in [1.29, 1.82) is 0 Å². The van der Waals surface area contributed by atoms with Gasteiger partial charge in [-0.05, 0) is 31.2 Å². The Labute approximate surface area is 140 Å². The number of benzene rings is 2. The van der Waals surface area contributed by atoms with Crippen LogP contribution in [0.4, 0.5) is 0 Å². The molecule has 1 heterocycles. The topological polar surface area (TPSA) is 81.1 Å². The Morgan fingerprint density at radius 1 is 1.08 bits per heavy atom. The molecule has 0 aliphatic heterocycles. The molecule has 0 radical (unpaired) electrons. The molecule has 0 aliphatic carbocycles. The molecule has 1 aromatic heterocycles. The Kier molecular flexibility index (Phi) is 4.21. The zero-order chi connectivity index (χ0) is 17.3. The lowest BCUT2D eigenvalue weighted by Gasteiger charge is -2.14. The maximum absolute atomic E-state index is 13.0. The van der Waals surface area contributed by atoms with Crippen molar-refractivity contribution in [3.05, 3.63) is 66.0 Å². The van der Waals surface area contributed by atoms with Gasteiger partial charge in [0.25, 0.3) is 5.91 Å². The molecular formula is C17H17N3O3S. The molecule has 24 heavy (non-hydrogen) atoms. The zero-order valence-electron chi connectivity index (χ0n) is 13.3. The minimum atomic E-state index is -3.43. The number of carbonyl (C=O) groups is 1. The molecule has 0 amide bonds. The summed E-state index contributed by atoms with van der Waals surface area (Å²) in [4.78, 5) is 17.4. The lowest BCUT2D eigenvalue weighted by Crippen LogP contribution is -2.29. The van der Waals surface area contributed by atoms with Crippen LogP contribution >= 0.6 is 0 Å². The fourth-order valence-electron chi connectivity index (χ4n) is 2.63. The average molecular weight is 343 g/mol. The normalized spacial score (nSPS) is 13.1. The highest BCUT2D eigenvalue weighted by Gasteiger charge is 2.23. The van der Waals surface area contributed by atoms with Crippen LogP contribution in [0, 0.1) is 0 Å². The highest BCUT2D eigenvalue weighted by molar-refractivity contribution is 7.88. The smallest absolute Gasteiger partial charge is 0.263 e. The Bertz CT molecular complexity index is 994. The third kappa shape index (κ3) is 3.22. The molecule has 3 rings (SSSR count). The molecule has 124 valence electrons. The summed E-state index contributed by atoms with van der Waals surface area (Å²) in [6.45, 7) is 1.66. The lowest BCUT2D eigenvalue weighted by molar-refractivity contribution is 0.0959. The van der Waals surface area contributed by atoms with Gasteiger partial charge in [-0.15, -0.1) is 0 Å². The number of nitrogens with zero attached hydrogens (tertiary/aromatic N) is 2. The predicted molar refractivity (Wildman–Crippen MR) is 92.3 cm³/mol. The van der Waals surface area contributed by atoms with Crippen LogP contribution in [0.5, 0.6) is 0 Å². The van der Waals surface area contributed by atoms with Crippen molar-refractivity contribution in [2.45, 2.75) is 13.0 Å². The molecule has 7 heteroatoms. The highest BCUT2D eigenvalue weighted by Crippen LogP contribution is 2.22. The predicted octanol–water partition coefficient (Wildman–Crippen LogP) is 2.33. The van der Waals surface area contributed by atoms with E-state index in [1.807, 2.05) is 18.2 Å². The van der Waals surface area contributed by atoms with Gasteiger partial charge < -0.3 is 0 Å². The summed E-state index contributed by atoms with van der Waals surface area (Å²) in [7, 11) is -3.43. The van der Waals surface area contributed by atoms with Crippen molar-refractivity contribution in [2.75, 3.05) is 6.26 Å². The van der Waals surface area contributed by atoms with Crippen LogP contribution in [-0.2, 0) is 10.0 Å². The Morgan fingerprint density at radius 2 is 1.71 bits per heavy atom. The summed E-state index contributed by atoms with van der Waals surface area (Å²) in [6.07, 6.45) is 1.08. The summed E-state index contributed by atoms with van der Waals surface area (Å²) in [6, 6.07) is 15.4. The molecular weight excluding hydrogens is 326 g/mol. The second-order valence-electron chi connectivity index (χ2n) is 5.58. The van der Waals surface area contributed by atoms with Gasteiger partial charge in [0.15, 0.2) is 0 Å². The molecule has 1 N–H and O–H groups in total. The molecule has 0 saturated heterocycles. The first-order chi connectivity index (χ1) is 11.4. The second-order valence-corrected chi connectivity index (χ2v) is 7.36. The third-order valence-corrected chi connectivity index (χ3v) is 4.37. The van der Waals surface area contributed by atoms with Crippen molar-refractivity contribution in [3.63, 3.8) is 0 Å². The van der Waals surface area contributed by atoms with Crippen LogP contribution in [0.3, 0.4) is 0 Å². The van der Waals surface area contributed by atoms with Gasteiger partial charge in [0.05, 0.1) is 23.3 Å². The van der Waals surface area contributed by atoms with Gasteiger partial charge in [-0.3, -0.25) is 9.36 Å². The minimum absolute atomic E-state index is 0.249. The number of hydrogen-bond acceptors (Lipinski definition) is 4. The number of imidazole rings is 1. The molecule has 0 aliphatic rings. The van der Waals surface area contributed by atoms with Crippen molar-refractivity contribution in [3.8, 4) is 0 Å². The standard InChI is InChI=1S/C17H17N3O3S/c1-12(19-24(2,22)23)16-18-14-10-6-7-11-15(14)20(16)17(21)13-8-4-3-5-9-13/h3-12,19H,1-2H3/t12-/m1/s1. The average Bonchev–Trinajstić information content (AvgIpc) is 2.93. The largest absolute Gasteiger partial charge is 0.268 e. The van der Waals surface area contributed by atoms with Gasteiger partial charge in [0.1, 0.15) is 5.82 Å². The Balaban J connectivity index is 2.17. The van der Waals surface area contributed by atoms with Crippen molar-refractivity contribution < 1.29 is 13.2 Å². The summed E-state index contributed by atoms with van der Waals surface area (Å²) < 4.78 is 27.0. The van der Waals surface area contributed by atoms with Crippen molar-refractivity contribution >= 4 is 27.0 Å². The molecule has 0 fully saturated rings. The van der Waals surface area contributed by atoms with Crippen LogP contribution in [0.1, 0.15) is 29.1 Å². The molecule has 6 nitrogen and oxygen atoms in total. The van der Waals surface area contributed by atoms with Gasteiger partial charge in [-0.25, -0.2) is 18.1 Å². The van der Waals surface area contributed by atoms with E-state index < -0.39 is 16.1 Å². The van der Waals surface area contributed by atoms with Gasteiger partial charge in [0.2, 0.25) is 10.0 Å². The zero-order valence-corrected chi connectivity index (χ0v) is 14.1. The first kappa shape index (κ1) is 16.4. The summed E-state index contributed by atoms with van der Waals surface area (Å²) >= 11 is 0. The first-order valence-electron chi connectivity index (χ1n) is 7.41. The van der Waals surface area contributed by atoms with E-state index in [0.29, 0.717) is 22.4 Å². The Morgan fingerprint density at radius 3 is 2.38 bits per heavy atom. The van der Waals surface area contributed by atoms with E-state index in [2.05, 4.69) is 9.71 Å². The van der Waals surface area contributed by atoms with Crippen LogP contribution in [-0.4, -0.2) is 30.1 Å². The van der Waals surface area contributed by atoms with Gasteiger partial charge in [0, 0.05) is 5.56 Å². The monoisotopic (exact) mass is 343 g/mol. The first-order valence-corrected chi connectivity index (χ1v) is 9.30. The van der Waals surface area contributed by atoms with E-state index in [-0.39, 0.29) is 5.91 Å². The highest BCUT2D eigenvalue weighted by atomic mass is 32.2. The number of para-hydroxylation sites is 2. The maximum atomic E-state index is 13.0. The summed E-state index contributed by atoms with van der Waals surface area (Å²) in [5, 5.41) is 0. The van der Waals surface area contributed by atoms with E-state index >= 15 is 0 Å². The SMILES string of the molecule is C[C@@H](NS(C)(=O)=O)c1nc2ccccc2n1C(=O)c1ccccc1. The van der Waals surface area contributed by atoms with Crippen molar-refractivity contribution in [2.24, 2.45) is 0 Å². The minimum Gasteiger partial charge on any atom is -0.268 e. The number of sulfonamides is 1. The lowest BCUT2D eigenvalue weighted by atomic mass is 10.2. The summed E-state index contributed by atoms with van der Waals surface area (Å²) in [5.74, 6) is 0.108.